The van der Waals surface area contributed by atoms with Crippen molar-refractivity contribution < 1.29 is 14.3 Å². The van der Waals surface area contributed by atoms with E-state index in [-0.39, 0.29) is 30.9 Å². The molecule has 0 radical (unpaired) electrons. The summed E-state index contributed by atoms with van der Waals surface area (Å²) < 4.78 is 5.13. The van der Waals surface area contributed by atoms with Gasteiger partial charge in [-0.1, -0.05) is 18.2 Å². The molecule has 0 atom stereocenters. The van der Waals surface area contributed by atoms with E-state index in [9.17, 15) is 9.59 Å². The zero-order chi connectivity index (χ0) is 19.1. The van der Waals surface area contributed by atoms with Crippen LogP contribution in [-0.2, 0) is 11.3 Å². The Labute approximate surface area is 157 Å². The fraction of sp³-hybridized carbons (Fsp3) is 0.389. The molecule has 0 spiro atoms. The number of ether oxygens (including phenoxy) is 1. The van der Waals surface area contributed by atoms with Gasteiger partial charge in [-0.15, -0.1) is 0 Å². The van der Waals surface area contributed by atoms with Crippen molar-refractivity contribution in [2.24, 2.45) is 0 Å². The van der Waals surface area contributed by atoms with E-state index in [0.717, 1.165) is 25.9 Å². The molecule has 9 heteroatoms. The molecule has 2 aromatic rings. The van der Waals surface area contributed by atoms with Gasteiger partial charge in [0, 0.05) is 18.7 Å². The highest BCUT2D eigenvalue weighted by molar-refractivity contribution is 5.96. The lowest BCUT2D eigenvalue weighted by molar-refractivity contribution is -0.120. The minimum absolute atomic E-state index is 0.125. The van der Waals surface area contributed by atoms with Crippen molar-refractivity contribution in [3.8, 4) is 6.01 Å². The van der Waals surface area contributed by atoms with Gasteiger partial charge in [0.15, 0.2) is 5.82 Å². The summed E-state index contributed by atoms with van der Waals surface area (Å²) in [6, 6.07) is 8.94. The molecule has 0 aliphatic carbocycles. The molecule has 2 N–H and O–H groups in total. The molecule has 0 unspecified atom stereocenters. The Kier molecular flexibility index (Phi) is 6.14. The number of amides is 2. The summed E-state index contributed by atoms with van der Waals surface area (Å²) in [5, 5.41) is 5.27. The third-order valence-corrected chi connectivity index (χ3v) is 4.11. The first kappa shape index (κ1) is 18.6. The molecule has 27 heavy (non-hydrogen) atoms. The standard InChI is InChI=1S/C18H22N6O3/c1-27-18-22-14(21-17(23-18)24-9-5-6-10-24)11-19-15(25)12-20-16(26)13-7-3-2-4-8-13/h2-4,7-8H,5-6,9-12H2,1H3,(H,19,25)(H,20,26). The van der Waals surface area contributed by atoms with Gasteiger partial charge in [0.05, 0.1) is 20.2 Å². The van der Waals surface area contributed by atoms with Crippen LogP contribution in [0.1, 0.15) is 29.0 Å². The third-order valence-electron chi connectivity index (χ3n) is 4.11. The van der Waals surface area contributed by atoms with Crippen LogP contribution in [0.5, 0.6) is 6.01 Å². The average molecular weight is 370 g/mol. The maximum atomic E-state index is 12.0. The maximum Gasteiger partial charge on any atom is 0.321 e. The minimum Gasteiger partial charge on any atom is -0.467 e. The lowest BCUT2D eigenvalue weighted by Crippen LogP contribution is -2.37. The quantitative estimate of drug-likeness (QED) is 0.731. The van der Waals surface area contributed by atoms with E-state index >= 15 is 0 Å². The molecular weight excluding hydrogens is 348 g/mol. The summed E-state index contributed by atoms with van der Waals surface area (Å²) in [5.74, 6) is 0.331. The van der Waals surface area contributed by atoms with E-state index in [0.29, 0.717) is 17.3 Å². The molecule has 1 saturated heterocycles. The van der Waals surface area contributed by atoms with Gasteiger partial charge in [0.2, 0.25) is 11.9 Å². The van der Waals surface area contributed by atoms with Crippen molar-refractivity contribution in [3.05, 3.63) is 41.7 Å². The fourth-order valence-corrected chi connectivity index (χ4v) is 2.71. The fourth-order valence-electron chi connectivity index (χ4n) is 2.71. The second-order valence-corrected chi connectivity index (χ2v) is 6.06. The Morgan fingerprint density at radius 3 is 2.52 bits per heavy atom. The number of carbonyl (C=O) groups excluding carboxylic acids is 2. The molecular formula is C18H22N6O3. The SMILES string of the molecule is COc1nc(CNC(=O)CNC(=O)c2ccccc2)nc(N2CCCC2)n1. The highest BCUT2D eigenvalue weighted by atomic mass is 16.5. The number of nitrogens with zero attached hydrogens (tertiary/aromatic N) is 4. The molecule has 2 heterocycles. The molecule has 1 aliphatic heterocycles. The summed E-state index contributed by atoms with van der Waals surface area (Å²) in [5.41, 5.74) is 0.503. The Balaban J connectivity index is 1.53. The average Bonchev–Trinajstić information content (AvgIpc) is 3.26. The number of methoxy groups -OCH3 is 1. The van der Waals surface area contributed by atoms with Gasteiger partial charge in [0.1, 0.15) is 0 Å². The molecule has 1 aromatic carbocycles. The van der Waals surface area contributed by atoms with Gasteiger partial charge in [0.25, 0.3) is 5.91 Å². The van der Waals surface area contributed by atoms with Crippen LogP contribution in [0, 0.1) is 0 Å². The van der Waals surface area contributed by atoms with E-state index in [4.69, 9.17) is 4.74 Å². The monoisotopic (exact) mass is 370 g/mol. The normalized spacial score (nSPS) is 13.3. The molecule has 9 nitrogen and oxygen atoms in total. The van der Waals surface area contributed by atoms with E-state index in [1.54, 1.807) is 24.3 Å². The first-order chi connectivity index (χ1) is 13.2. The Morgan fingerprint density at radius 1 is 1.07 bits per heavy atom. The second kappa shape index (κ2) is 8.93. The maximum absolute atomic E-state index is 12.0. The van der Waals surface area contributed by atoms with Gasteiger partial charge in [-0.05, 0) is 25.0 Å². The van der Waals surface area contributed by atoms with Gasteiger partial charge in [-0.2, -0.15) is 15.0 Å². The van der Waals surface area contributed by atoms with Crippen molar-refractivity contribution in [2.45, 2.75) is 19.4 Å². The van der Waals surface area contributed by atoms with Crippen LogP contribution in [-0.4, -0.2) is 53.5 Å². The summed E-state index contributed by atoms with van der Waals surface area (Å²) in [6.07, 6.45) is 2.20. The third kappa shape index (κ3) is 5.13. The van der Waals surface area contributed by atoms with E-state index < -0.39 is 0 Å². The smallest absolute Gasteiger partial charge is 0.321 e. The topological polar surface area (TPSA) is 109 Å². The van der Waals surface area contributed by atoms with E-state index in [1.165, 1.54) is 7.11 Å². The molecule has 1 aromatic heterocycles. The summed E-state index contributed by atoms with van der Waals surface area (Å²) in [6.45, 7) is 1.78. The largest absolute Gasteiger partial charge is 0.467 e. The van der Waals surface area contributed by atoms with E-state index in [1.807, 2.05) is 6.07 Å². The van der Waals surface area contributed by atoms with Crippen LogP contribution < -0.4 is 20.3 Å². The van der Waals surface area contributed by atoms with Crippen molar-refractivity contribution in [1.29, 1.82) is 0 Å². The van der Waals surface area contributed by atoms with Crippen LogP contribution in [0.15, 0.2) is 30.3 Å². The predicted molar refractivity (Wildman–Crippen MR) is 98.4 cm³/mol. The number of nitrogens with one attached hydrogen (secondary N) is 2. The number of rotatable bonds is 7. The zero-order valence-electron chi connectivity index (χ0n) is 15.1. The predicted octanol–water partition coefficient (Wildman–Crippen LogP) is 0.527. The van der Waals surface area contributed by atoms with Crippen molar-refractivity contribution >= 4 is 17.8 Å². The number of carbonyl (C=O) groups is 2. The molecule has 1 aliphatic rings. The molecule has 2 amide bonds. The van der Waals surface area contributed by atoms with Gasteiger partial charge in [-0.3, -0.25) is 9.59 Å². The zero-order valence-corrected chi connectivity index (χ0v) is 15.1. The molecule has 142 valence electrons. The molecule has 0 bridgehead atoms. The lowest BCUT2D eigenvalue weighted by atomic mass is 10.2. The second-order valence-electron chi connectivity index (χ2n) is 6.06. The number of hydrogen-bond donors (Lipinski definition) is 2. The van der Waals surface area contributed by atoms with Crippen LogP contribution in [0.2, 0.25) is 0 Å². The summed E-state index contributed by atoms with van der Waals surface area (Å²) in [7, 11) is 1.49. The van der Waals surface area contributed by atoms with Gasteiger partial charge >= 0.3 is 6.01 Å². The molecule has 0 saturated carbocycles. The van der Waals surface area contributed by atoms with Crippen molar-refractivity contribution in [3.63, 3.8) is 0 Å². The van der Waals surface area contributed by atoms with Crippen molar-refractivity contribution in [2.75, 3.05) is 31.6 Å². The summed E-state index contributed by atoms with van der Waals surface area (Å²) in [4.78, 5) is 38.9. The lowest BCUT2D eigenvalue weighted by Gasteiger charge is -2.16. The van der Waals surface area contributed by atoms with Crippen LogP contribution in [0.3, 0.4) is 0 Å². The molecule has 3 rings (SSSR count). The molecule has 1 fully saturated rings. The summed E-state index contributed by atoms with van der Waals surface area (Å²) >= 11 is 0. The number of anilines is 1. The number of benzene rings is 1. The van der Waals surface area contributed by atoms with Crippen molar-refractivity contribution in [1.82, 2.24) is 25.6 Å². The Morgan fingerprint density at radius 2 is 1.81 bits per heavy atom. The minimum atomic E-state index is -0.332. The number of hydrogen-bond acceptors (Lipinski definition) is 7. The van der Waals surface area contributed by atoms with Crippen LogP contribution in [0.25, 0.3) is 0 Å². The first-order valence-electron chi connectivity index (χ1n) is 8.79. The first-order valence-corrected chi connectivity index (χ1v) is 8.79. The van der Waals surface area contributed by atoms with Gasteiger partial charge < -0.3 is 20.3 Å². The van der Waals surface area contributed by atoms with Gasteiger partial charge in [-0.25, -0.2) is 0 Å². The highest BCUT2D eigenvalue weighted by Crippen LogP contribution is 2.17. The van der Waals surface area contributed by atoms with Crippen LogP contribution >= 0.6 is 0 Å². The van der Waals surface area contributed by atoms with Crippen LogP contribution in [0.4, 0.5) is 5.95 Å². The number of aromatic nitrogens is 3. The Bertz CT molecular complexity index is 793. The van der Waals surface area contributed by atoms with E-state index in [2.05, 4.69) is 30.5 Å². The highest BCUT2D eigenvalue weighted by Gasteiger charge is 2.18. The Hall–Kier alpha value is -3.23.